The third-order valence-corrected chi connectivity index (χ3v) is 2.30. The molecule has 4 nitrogen and oxygen atoms in total. The summed E-state index contributed by atoms with van der Waals surface area (Å²) >= 11 is 0. The molecule has 0 aliphatic heterocycles. The number of ether oxygens (including phenoxy) is 1. The van der Waals surface area contributed by atoms with Crippen LogP contribution in [-0.2, 0) is 0 Å². The van der Waals surface area contributed by atoms with E-state index in [9.17, 15) is 0 Å². The van der Waals surface area contributed by atoms with Gasteiger partial charge in [-0.05, 0) is 24.3 Å². The maximum absolute atomic E-state index is 5.18. The van der Waals surface area contributed by atoms with Gasteiger partial charge in [0.25, 0.3) is 5.89 Å². The van der Waals surface area contributed by atoms with Crippen LogP contribution in [0.15, 0.2) is 28.8 Å². The van der Waals surface area contributed by atoms with Gasteiger partial charge in [-0.3, -0.25) is 0 Å². The van der Waals surface area contributed by atoms with Crippen molar-refractivity contribution in [3.63, 3.8) is 0 Å². The second-order valence-electron chi connectivity index (χ2n) is 3.84. The van der Waals surface area contributed by atoms with Crippen molar-refractivity contribution in [3.05, 3.63) is 30.1 Å². The predicted molar refractivity (Wildman–Crippen MR) is 60.4 cm³/mol. The molecular formula is C12H14N2O2. The van der Waals surface area contributed by atoms with Crippen molar-refractivity contribution in [1.82, 2.24) is 10.1 Å². The normalized spacial score (nSPS) is 10.8. The molecule has 0 aliphatic rings. The van der Waals surface area contributed by atoms with Gasteiger partial charge in [0.2, 0.25) is 0 Å². The summed E-state index contributed by atoms with van der Waals surface area (Å²) in [4.78, 5) is 4.32. The van der Waals surface area contributed by atoms with E-state index in [4.69, 9.17) is 9.26 Å². The van der Waals surface area contributed by atoms with E-state index < -0.39 is 0 Å². The minimum Gasteiger partial charge on any atom is -0.497 e. The lowest BCUT2D eigenvalue weighted by molar-refractivity contribution is 0.413. The standard InChI is InChI=1S/C12H14N2O2/c1-8(2)11-13-12(16-14-11)9-4-6-10(15-3)7-5-9/h4-8H,1-3H3. The van der Waals surface area contributed by atoms with Crippen molar-refractivity contribution in [1.29, 1.82) is 0 Å². The molecule has 0 fully saturated rings. The Morgan fingerprint density at radius 2 is 1.88 bits per heavy atom. The molecule has 0 saturated heterocycles. The molecule has 0 N–H and O–H groups in total. The number of hydrogen-bond acceptors (Lipinski definition) is 4. The highest BCUT2D eigenvalue weighted by atomic mass is 16.5. The molecule has 1 aromatic carbocycles. The van der Waals surface area contributed by atoms with Crippen molar-refractivity contribution < 1.29 is 9.26 Å². The first-order valence-electron chi connectivity index (χ1n) is 5.18. The number of aromatic nitrogens is 2. The lowest BCUT2D eigenvalue weighted by atomic mass is 10.2. The summed E-state index contributed by atoms with van der Waals surface area (Å²) in [5, 5.41) is 3.92. The molecule has 2 rings (SSSR count). The first-order valence-corrected chi connectivity index (χ1v) is 5.18. The SMILES string of the molecule is COc1ccc(-c2nc(C(C)C)no2)cc1. The highest BCUT2D eigenvalue weighted by Crippen LogP contribution is 2.22. The average molecular weight is 218 g/mol. The predicted octanol–water partition coefficient (Wildman–Crippen LogP) is 2.87. The third kappa shape index (κ3) is 2.05. The zero-order valence-electron chi connectivity index (χ0n) is 9.60. The van der Waals surface area contributed by atoms with E-state index in [0.717, 1.165) is 17.1 Å². The number of methoxy groups -OCH3 is 1. The maximum Gasteiger partial charge on any atom is 0.257 e. The van der Waals surface area contributed by atoms with E-state index in [2.05, 4.69) is 10.1 Å². The minimum absolute atomic E-state index is 0.274. The Bertz CT molecular complexity index is 460. The summed E-state index contributed by atoms with van der Waals surface area (Å²) in [7, 11) is 1.64. The summed E-state index contributed by atoms with van der Waals surface area (Å²) in [5.74, 6) is 2.36. The van der Waals surface area contributed by atoms with Crippen LogP contribution in [0.25, 0.3) is 11.5 Å². The lowest BCUT2D eigenvalue weighted by Gasteiger charge is -1.98. The smallest absolute Gasteiger partial charge is 0.257 e. The van der Waals surface area contributed by atoms with E-state index in [1.165, 1.54) is 0 Å². The summed E-state index contributed by atoms with van der Waals surface area (Å²) in [6.07, 6.45) is 0. The summed E-state index contributed by atoms with van der Waals surface area (Å²) in [6.45, 7) is 4.06. The Hall–Kier alpha value is -1.84. The Morgan fingerprint density at radius 1 is 1.19 bits per heavy atom. The number of nitrogens with zero attached hydrogens (tertiary/aromatic N) is 2. The monoisotopic (exact) mass is 218 g/mol. The fraction of sp³-hybridized carbons (Fsp3) is 0.333. The molecule has 0 unspecified atom stereocenters. The number of rotatable bonds is 3. The van der Waals surface area contributed by atoms with Crippen molar-refractivity contribution in [2.24, 2.45) is 0 Å². The van der Waals surface area contributed by atoms with Gasteiger partial charge in [0.15, 0.2) is 5.82 Å². The molecule has 1 aromatic heterocycles. The molecule has 0 atom stereocenters. The molecule has 0 spiro atoms. The molecule has 0 aliphatic carbocycles. The largest absolute Gasteiger partial charge is 0.497 e. The van der Waals surface area contributed by atoms with Crippen LogP contribution in [0.2, 0.25) is 0 Å². The molecular weight excluding hydrogens is 204 g/mol. The van der Waals surface area contributed by atoms with Gasteiger partial charge in [-0.15, -0.1) is 0 Å². The van der Waals surface area contributed by atoms with E-state index in [-0.39, 0.29) is 5.92 Å². The average Bonchev–Trinajstić information content (AvgIpc) is 2.78. The van der Waals surface area contributed by atoms with Gasteiger partial charge in [-0.1, -0.05) is 19.0 Å². The van der Waals surface area contributed by atoms with Crippen LogP contribution in [0.3, 0.4) is 0 Å². The van der Waals surface area contributed by atoms with Crippen LogP contribution in [-0.4, -0.2) is 17.3 Å². The molecule has 0 amide bonds. The second-order valence-corrected chi connectivity index (χ2v) is 3.84. The van der Waals surface area contributed by atoms with E-state index >= 15 is 0 Å². The fourth-order valence-electron chi connectivity index (χ4n) is 1.32. The van der Waals surface area contributed by atoms with Gasteiger partial charge < -0.3 is 9.26 Å². The highest BCUT2D eigenvalue weighted by molar-refractivity contribution is 5.54. The molecule has 0 saturated carbocycles. The van der Waals surface area contributed by atoms with Crippen LogP contribution in [0.5, 0.6) is 5.75 Å². The zero-order chi connectivity index (χ0) is 11.5. The Kier molecular flexibility index (Phi) is 2.90. The molecule has 0 bridgehead atoms. The fourth-order valence-corrected chi connectivity index (χ4v) is 1.32. The minimum atomic E-state index is 0.274. The van der Waals surface area contributed by atoms with Crippen LogP contribution in [0, 0.1) is 0 Å². The summed E-state index contributed by atoms with van der Waals surface area (Å²) in [5.41, 5.74) is 0.903. The molecule has 0 radical (unpaired) electrons. The van der Waals surface area contributed by atoms with Gasteiger partial charge in [0.05, 0.1) is 7.11 Å². The topological polar surface area (TPSA) is 48.2 Å². The third-order valence-electron chi connectivity index (χ3n) is 2.30. The van der Waals surface area contributed by atoms with Gasteiger partial charge in [-0.25, -0.2) is 0 Å². The van der Waals surface area contributed by atoms with Gasteiger partial charge >= 0.3 is 0 Å². The summed E-state index contributed by atoms with van der Waals surface area (Å²) in [6, 6.07) is 7.54. The number of hydrogen-bond donors (Lipinski definition) is 0. The molecule has 84 valence electrons. The summed E-state index contributed by atoms with van der Waals surface area (Å²) < 4.78 is 10.3. The number of benzene rings is 1. The van der Waals surface area contributed by atoms with Crippen LogP contribution >= 0.6 is 0 Å². The highest BCUT2D eigenvalue weighted by Gasteiger charge is 2.11. The first-order chi connectivity index (χ1) is 7.70. The molecule has 1 heterocycles. The molecule has 16 heavy (non-hydrogen) atoms. The van der Waals surface area contributed by atoms with Crippen molar-refractivity contribution >= 4 is 0 Å². The molecule has 4 heteroatoms. The molecule has 2 aromatic rings. The van der Waals surface area contributed by atoms with Crippen LogP contribution in [0.1, 0.15) is 25.6 Å². The first kappa shape index (κ1) is 10.7. The van der Waals surface area contributed by atoms with Crippen molar-refractivity contribution in [2.45, 2.75) is 19.8 Å². The van der Waals surface area contributed by atoms with E-state index in [1.807, 2.05) is 38.1 Å². The Balaban J connectivity index is 2.28. The van der Waals surface area contributed by atoms with Crippen molar-refractivity contribution in [3.8, 4) is 17.2 Å². The lowest BCUT2D eigenvalue weighted by Crippen LogP contribution is -1.89. The zero-order valence-corrected chi connectivity index (χ0v) is 9.60. The Labute approximate surface area is 94.2 Å². The van der Waals surface area contributed by atoms with Crippen LogP contribution in [0.4, 0.5) is 0 Å². The van der Waals surface area contributed by atoms with Gasteiger partial charge in [-0.2, -0.15) is 4.98 Å². The van der Waals surface area contributed by atoms with Crippen LogP contribution < -0.4 is 4.74 Å². The van der Waals surface area contributed by atoms with Gasteiger partial charge in [0, 0.05) is 11.5 Å². The Morgan fingerprint density at radius 3 is 2.38 bits per heavy atom. The quantitative estimate of drug-likeness (QED) is 0.794. The van der Waals surface area contributed by atoms with Crippen molar-refractivity contribution in [2.75, 3.05) is 7.11 Å². The second kappa shape index (κ2) is 4.35. The maximum atomic E-state index is 5.18. The van der Waals surface area contributed by atoms with Gasteiger partial charge in [0.1, 0.15) is 5.75 Å². The van der Waals surface area contributed by atoms with E-state index in [1.54, 1.807) is 7.11 Å². The van der Waals surface area contributed by atoms with E-state index in [0.29, 0.717) is 5.89 Å².